The molecule has 3 rings (SSSR count). The molecule has 1 saturated carbocycles. The first-order chi connectivity index (χ1) is 12.7. The lowest BCUT2D eigenvalue weighted by molar-refractivity contribution is -0.141. The van der Waals surface area contributed by atoms with E-state index in [0.29, 0.717) is 18.4 Å². The second kappa shape index (κ2) is 8.84. The van der Waals surface area contributed by atoms with Gasteiger partial charge in [0.15, 0.2) is 0 Å². The van der Waals surface area contributed by atoms with Gasteiger partial charge in [-0.1, -0.05) is 37.0 Å². The van der Waals surface area contributed by atoms with Gasteiger partial charge in [0.25, 0.3) is 5.91 Å². The number of nitrogens with one attached hydrogen (secondary N) is 1. The van der Waals surface area contributed by atoms with E-state index in [-0.39, 0.29) is 28.1 Å². The SMILES string of the molecule is CC.O=C(NC1CC(c2ccnc(C(F)(F)F)c2)C1)c1nc(Cl)cc(Cl)n1. The van der Waals surface area contributed by atoms with Gasteiger partial charge < -0.3 is 5.32 Å². The molecule has 1 aliphatic rings. The Labute approximate surface area is 164 Å². The molecule has 2 heterocycles. The Morgan fingerprint density at radius 3 is 2.30 bits per heavy atom. The molecular formula is C17H17Cl2F3N4O. The molecule has 27 heavy (non-hydrogen) atoms. The number of aromatic nitrogens is 3. The third-order valence-corrected chi connectivity index (χ3v) is 4.27. The van der Waals surface area contributed by atoms with Gasteiger partial charge in [-0.05, 0) is 36.5 Å². The summed E-state index contributed by atoms with van der Waals surface area (Å²) < 4.78 is 38.1. The third-order valence-electron chi connectivity index (χ3n) is 3.89. The van der Waals surface area contributed by atoms with Crippen molar-refractivity contribution in [1.82, 2.24) is 20.3 Å². The molecule has 0 atom stereocenters. The molecule has 0 unspecified atom stereocenters. The zero-order valence-electron chi connectivity index (χ0n) is 14.5. The minimum Gasteiger partial charge on any atom is -0.347 e. The minimum atomic E-state index is -4.48. The molecular weight excluding hydrogens is 404 g/mol. The van der Waals surface area contributed by atoms with Crippen LogP contribution < -0.4 is 5.32 Å². The van der Waals surface area contributed by atoms with Gasteiger partial charge in [0.1, 0.15) is 16.0 Å². The number of pyridine rings is 1. The van der Waals surface area contributed by atoms with Gasteiger partial charge in [0.2, 0.25) is 5.82 Å². The molecule has 0 aliphatic heterocycles. The lowest BCUT2D eigenvalue weighted by Gasteiger charge is -2.36. The molecule has 1 amide bonds. The number of amides is 1. The maximum absolute atomic E-state index is 12.7. The summed E-state index contributed by atoms with van der Waals surface area (Å²) in [6.07, 6.45) is -2.30. The molecule has 5 nitrogen and oxygen atoms in total. The van der Waals surface area contributed by atoms with Crippen LogP contribution in [-0.2, 0) is 6.18 Å². The summed E-state index contributed by atoms with van der Waals surface area (Å²) >= 11 is 11.4. The van der Waals surface area contributed by atoms with Crippen molar-refractivity contribution < 1.29 is 18.0 Å². The number of hydrogen-bond donors (Lipinski definition) is 1. The standard InChI is InChI=1S/C15H11Cl2F3N4O.C2H6/c16-11-6-12(17)24-13(23-11)14(25)22-9-3-8(4-9)7-1-2-21-10(5-7)15(18,19)20;1-2/h1-2,5-6,8-9H,3-4H2,(H,22,25);1-2H3. The zero-order valence-corrected chi connectivity index (χ0v) is 16.0. The van der Waals surface area contributed by atoms with Crippen LogP contribution in [0.2, 0.25) is 10.3 Å². The maximum Gasteiger partial charge on any atom is 0.433 e. The van der Waals surface area contributed by atoms with Gasteiger partial charge in [0, 0.05) is 18.3 Å². The summed E-state index contributed by atoms with van der Waals surface area (Å²) in [6, 6.07) is 3.72. The molecule has 0 radical (unpaired) electrons. The Kier molecular flexibility index (Phi) is 7.00. The van der Waals surface area contributed by atoms with E-state index in [2.05, 4.69) is 20.3 Å². The highest BCUT2D eigenvalue weighted by Crippen LogP contribution is 2.38. The van der Waals surface area contributed by atoms with E-state index in [4.69, 9.17) is 23.2 Å². The zero-order chi connectivity index (χ0) is 20.2. The van der Waals surface area contributed by atoms with Crippen molar-refractivity contribution in [3.05, 3.63) is 51.8 Å². The van der Waals surface area contributed by atoms with Gasteiger partial charge in [0.05, 0.1) is 0 Å². The van der Waals surface area contributed by atoms with Crippen molar-refractivity contribution in [1.29, 1.82) is 0 Å². The molecule has 1 N–H and O–H groups in total. The fourth-order valence-electron chi connectivity index (χ4n) is 2.61. The first kappa shape index (κ1) is 21.4. The summed E-state index contributed by atoms with van der Waals surface area (Å²) in [4.78, 5) is 23.0. The number of alkyl halides is 3. The van der Waals surface area contributed by atoms with Gasteiger partial charge in [-0.25, -0.2) is 9.97 Å². The Morgan fingerprint density at radius 1 is 1.15 bits per heavy atom. The monoisotopic (exact) mass is 420 g/mol. The molecule has 10 heteroatoms. The van der Waals surface area contributed by atoms with Crippen molar-refractivity contribution >= 4 is 29.1 Å². The van der Waals surface area contributed by atoms with Crippen LogP contribution in [0.5, 0.6) is 0 Å². The van der Waals surface area contributed by atoms with Gasteiger partial charge >= 0.3 is 6.18 Å². The fraction of sp³-hybridized carbons (Fsp3) is 0.412. The second-order valence-electron chi connectivity index (χ2n) is 5.65. The molecule has 2 aromatic rings. The van der Waals surface area contributed by atoms with Crippen LogP contribution in [0.4, 0.5) is 13.2 Å². The predicted octanol–water partition coefficient (Wildman–Crippen LogP) is 4.90. The fourth-order valence-corrected chi connectivity index (χ4v) is 3.03. The Hall–Kier alpha value is -1.93. The molecule has 0 spiro atoms. The van der Waals surface area contributed by atoms with E-state index < -0.39 is 17.8 Å². The Bertz CT molecular complexity index is 791. The summed E-state index contributed by atoms with van der Waals surface area (Å²) in [5.41, 5.74) is -0.366. The van der Waals surface area contributed by atoms with Crippen LogP contribution >= 0.6 is 23.2 Å². The minimum absolute atomic E-state index is 0.0492. The van der Waals surface area contributed by atoms with Crippen molar-refractivity contribution in [2.45, 2.75) is 44.8 Å². The van der Waals surface area contributed by atoms with E-state index in [1.54, 1.807) is 6.07 Å². The number of rotatable bonds is 3. The summed E-state index contributed by atoms with van der Waals surface area (Å²) in [5.74, 6) is -0.749. The molecule has 0 bridgehead atoms. The van der Waals surface area contributed by atoms with E-state index in [1.165, 1.54) is 6.07 Å². The quantitative estimate of drug-likeness (QED) is 0.716. The first-order valence-corrected chi connectivity index (χ1v) is 9.02. The van der Waals surface area contributed by atoms with E-state index in [1.807, 2.05) is 13.8 Å². The molecule has 146 valence electrons. The van der Waals surface area contributed by atoms with Crippen LogP contribution in [0, 0.1) is 0 Å². The average Bonchev–Trinajstić information content (AvgIpc) is 2.58. The van der Waals surface area contributed by atoms with Crippen LogP contribution in [0.3, 0.4) is 0 Å². The van der Waals surface area contributed by atoms with Crippen LogP contribution in [0.15, 0.2) is 24.4 Å². The summed E-state index contributed by atoms with van der Waals surface area (Å²) in [5, 5.41) is 2.81. The van der Waals surface area contributed by atoms with Crippen molar-refractivity contribution in [3.8, 4) is 0 Å². The Morgan fingerprint density at radius 2 is 1.74 bits per heavy atom. The number of nitrogens with zero attached hydrogens (tertiary/aromatic N) is 3. The van der Waals surface area contributed by atoms with Crippen LogP contribution in [0.1, 0.15) is 54.5 Å². The lowest BCUT2D eigenvalue weighted by atomic mass is 9.76. The van der Waals surface area contributed by atoms with E-state index in [9.17, 15) is 18.0 Å². The highest BCUT2D eigenvalue weighted by Gasteiger charge is 2.36. The highest BCUT2D eigenvalue weighted by molar-refractivity contribution is 6.33. The summed E-state index contributed by atoms with van der Waals surface area (Å²) in [7, 11) is 0. The average molecular weight is 421 g/mol. The molecule has 2 aromatic heterocycles. The first-order valence-electron chi connectivity index (χ1n) is 8.26. The lowest BCUT2D eigenvalue weighted by Crippen LogP contribution is -2.44. The topological polar surface area (TPSA) is 67.8 Å². The molecule has 0 aromatic carbocycles. The van der Waals surface area contributed by atoms with Crippen molar-refractivity contribution in [3.63, 3.8) is 0 Å². The number of carbonyl (C=O) groups excluding carboxylic acids is 1. The normalized spacial score (nSPS) is 18.8. The third kappa shape index (κ3) is 5.52. The number of hydrogen-bond acceptors (Lipinski definition) is 4. The molecule has 1 fully saturated rings. The summed E-state index contributed by atoms with van der Waals surface area (Å²) in [6.45, 7) is 4.00. The van der Waals surface area contributed by atoms with Gasteiger partial charge in [-0.3, -0.25) is 9.78 Å². The number of carbonyl (C=O) groups is 1. The maximum atomic E-state index is 12.7. The van der Waals surface area contributed by atoms with Gasteiger partial charge in [-0.15, -0.1) is 0 Å². The van der Waals surface area contributed by atoms with Gasteiger partial charge in [-0.2, -0.15) is 13.2 Å². The smallest absolute Gasteiger partial charge is 0.347 e. The van der Waals surface area contributed by atoms with Crippen LogP contribution in [0.25, 0.3) is 0 Å². The number of halogens is 5. The Balaban J connectivity index is 0.00000126. The predicted molar refractivity (Wildman–Crippen MR) is 95.9 cm³/mol. The van der Waals surface area contributed by atoms with E-state index >= 15 is 0 Å². The van der Waals surface area contributed by atoms with Crippen molar-refractivity contribution in [2.75, 3.05) is 0 Å². The largest absolute Gasteiger partial charge is 0.433 e. The van der Waals surface area contributed by atoms with Crippen molar-refractivity contribution in [2.24, 2.45) is 0 Å². The van der Waals surface area contributed by atoms with Crippen LogP contribution in [-0.4, -0.2) is 26.9 Å². The highest BCUT2D eigenvalue weighted by atomic mass is 35.5. The second-order valence-corrected chi connectivity index (χ2v) is 6.42. The van der Waals surface area contributed by atoms with E-state index in [0.717, 1.165) is 12.3 Å². The molecule has 0 saturated heterocycles. The molecule has 1 aliphatic carbocycles.